The fraction of sp³-hybridized carbons (Fsp3) is 0.800. The summed E-state index contributed by atoms with van der Waals surface area (Å²) in [6.07, 6.45) is 6.67. The molecule has 1 aliphatic carbocycles. The summed E-state index contributed by atoms with van der Waals surface area (Å²) in [4.78, 5) is 0. The Balaban J connectivity index is 1.86. The third kappa shape index (κ3) is 2.44. The van der Waals surface area contributed by atoms with Crippen molar-refractivity contribution in [3.63, 3.8) is 0 Å². The van der Waals surface area contributed by atoms with E-state index in [1.54, 1.807) is 16.8 Å². The molecule has 3 nitrogen and oxygen atoms in total. The zero-order valence-electron chi connectivity index (χ0n) is 8.57. The second-order valence-corrected chi connectivity index (χ2v) is 4.86. The second kappa shape index (κ2) is 4.73. The molecule has 14 heavy (non-hydrogen) atoms. The molecule has 1 fully saturated rings. The highest BCUT2D eigenvalue weighted by molar-refractivity contribution is 7.13. The lowest BCUT2D eigenvalue weighted by Crippen LogP contribution is -2.26. The quantitative estimate of drug-likeness (QED) is 0.835. The molecular weight excluding hydrogens is 194 g/mol. The van der Waals surface area contributed by atoms with Crippen LogP contribution in [0.1, 0.15) is 39.0 Å². The summed E-state index contributed by atoms with van der Waals surface area (Å²) in [7, 11) is 0. The number of anilines is 1. The van der Waals surface area contributed by atoms with E-state index in [2.05, 4.69) is 22.4 Å². The van der Waals surface area contributed by atoms with Crippen LogP contribution in [-0.4, -0.2) is 16.2 Å². The molecule has 0 saturated heterocycles. The minimum atomic E-state index is 0.627. The van der Waals surface area contributed by atoms with Crippen molar-refractivity contribution in [2.75, 3.05) is 5.32 Å². The molecule has 0 aliphatic heterocycles. The first-order valence-electron chi connectivity index (χ1n) is 5.41. The van der Waals surface area contributed by atoms with Gasteiger partial charge in [-0.25, -0.2) is 0 Å². The van der Waals surface area contributed by atoms with E-state index in [4.69, 9.17) is 0 Å². The van der Waals surface area contributed by atoms with Crippen molar-refractivity contribution < 1.29 is 0 Å². The standard InChI is InChI=1S/C10H17N3S/c1-2-8-4-3-5-9(6-8)12-10-13-11-7-14-10/h7-9H,2-6H2,1H3,(H,12,13). The van der Waals surface area contributed by atoms with E-state index >= 15 is 0 Å². The molecule has 2 rings (SSSR count). The first-order valence-corrected chi connectivity index (χ1v) is 6.29. The van der Waals surface area contributed by atoms with Crippen LogP contribution in [-0.2, 0) is 0 Å². The fourth-order valence-electron chi connectivity index (χ4n) is 2.20. The molecule has 0 amide bonds. The smallest absolute Gasteiger partial charge is 0.205 e. The highest BCUT2D eigenvalue weighted by Crippen LogP contribution is 2.28. The number of rotatable bonds is 3. The van der Waals surface area contributed by atoms with Gasteiger partial charge in [0.1, 0.15) is 5.51 Å². The molecule has 1 aromatic rings. The van der Waals surface area contributed by atoms with E-state index in [-0.39, 0.29) is 0 Å². The maximum absolute atomic E-state index is 4.02. The molecule has 0 bridgehead atoms. The summed E-state index contributed by atoms with van der Waals surface area (Å²) < 4.78 is 0. The van der Waals surface area contributed by atoms with Crippen LogP contribution < -0.4 is 5.32 Å². The van der Waals surface area contributed by atoms with E-state index in [1.165, 1.54) is 32.1 Å². The molecule has 78 valence electrons. The van der Waals surface area contributed by atoms with Crippen LogP contribution >= 0.6 is 11.3 Å². The van der Waals surface area contributed by atoms with Gasteiger partial charge in [-0.2, -0.15) is 0 Å². The van der Waals surface area contributed by atoms with Crippen molar-refractivity contribution in [2.45, 2.75) is 45.1 Å². The van der Waals surface area contributed by atoms with Gasteiger partial charge >= 0.3 is 0 Å². The SMILES string of the molecule is CCC1CCCC(Nc2nncs2)C1. The Labute approximate surface area is 88.9 Å². The van der Waals surface area contributed by atoms with Gasteiger partial charge in [-0.1, -0.05) is 37.5 Å². The fourth-order valence-corrected chi connectivity index (χ4v) is 2.73. The molecular formula is C10H17N3S. The van der Waals surface area contributed by atoms with Gasteiger partial charge in [0, 0.05) is 6.04 Å². The lowest BCUT2D eigenvalue weighted by Gasteiger charge is -2.28. The van der Waals surface area contributed by atoms with Crippen molar-refractivity contribution in [3.8, 4) is 0 Å². The van der Waals surface area contributed by atoms with Crippen LogP contribution in [0.4, 0.5) is 5.13 Å². The maximum atomic E-state index is 4.02. The molecule has 4 heteroatoms. The summed E-state index contributed by atoms with van der Waals surface area (Å²) in [5.74, 6) is 0.911. The molecule has 1 aliphatic rings. The monoisotopic (exact) mass is 211 g/mol. The Morgan fingerprint density at radius 2 is 2.50 bits per heavy atom. The van der Waals surface area contributed by atoms with Crippen molar-refractivity contribution in [3.05, 3.63) is 5.51 Å². The maximum Gasteiger partial charge on any atom is 0.205 e. The Bertz CT molecular complexity index is 260. The number of aromatic nitrogens is 2. The van der Waals surface area contributed by atoms with Crippen molar-refractivity contribution in [2.24, 2.45) is 5.92 Å². The summed E-state index contributed by atoms with van der Waals surface area (Å²) in [6, 6.07) is 0.627. The van der Waals surface area contributed by atoms with Crippen LogP contribution in [0.3, 0.4) is 0 Å². The summed E-state index contributed by atoms with van der Waals surface area (Å²) in [5.41, 5.74) is 1.78. The van der Waals surface area contributed by atoms with Crippen LogP contribution in [0.25, 0.3) is 0 Å². The molecule has 1 heterocycles. The normalized spacial score (nSPS) is 27.5. The molecule has 1 N–H and O–H groups in total. The molecule has 2 unspecified atom stereocenters. The minimum absolute atomic E-state index is 0.627. The van der Waals surface area contributed by atoms with Gasteiger partial charge in [0.15, 0.2) is 0 Å². The van der Waals surface area contributed by atoms with E-state index in [0.29, 0.717) is 6.04 Å². The van der Waals surface area contributed by atoms with Gasteiger partial charge in [0.2, 0.25) is 5.13 Å². The third-order valence-electron chi connectivity index (χ3n) is 3.05. The predicted molar refractivity (Wildman–Crippen MR) is 59.6 cm³/mol. The van der Waals surface area contributed by atoms with Gasteiger partial charge in [-0.15, -0.1) is 10.2 Å². The average molecular weight is 211 g/mol. The molecule has 0 radical (unpaired) electrons. The lowest BCUT2D eigenvalue weighted by molar-refractivity contribution is 0.327. The summed E-state index contributed by atoms with van der Waals surface area (Å²) in [6.45, 7) is 2.29. The van der Waals surface area contributed by atoms with Crippen LogP contribution in [0, 0.1) is 5.92 Å². The topological polar surface area (TPSA) is 37.8 Å². The summed E-state index contributed by atoms with van der Waals surface area (Å²) in [5, 5.41) is 12.3. The average Bonchev–Trinajstić information content (AvgIpc) is 2.71. The number of nitrogens with zero attached hydrogens (tertiary/aromatic N) is 2. The van der Waals surface area contributed by atoms with Gasteiger partial charge in [0.05, 0.1) is 0 Å². The molecule has 0 spiro atoms. The Morgan fingerprint density at radius 3 is 3.21 bits per heavy atom. The Kier molecular flexibility index (Phi) is 3.35. The first kappa shape index (κ1) is 9.90. The molecule has 2 atom stereocenters. The number of hydrogen-bond donors (Lipinski definition) is 1. The predicted octanol–water partition coefficient (Wildman–Crippen LogP) is 2.92. The largest absolute Gasteiger partial charge is 0.357 e. The minimum Gasteiger partial charge on any atom is -0.357 e. The van der Waals surface area contributed by atoms with E-state index in [1.807, 2.05) is 0 Å². The second-order valence-electron chi connectivity index (χ2n) is 4.03. The van der Waals surface area contributed by atoms with Gasteiger partial charge in [0.25, 0.3) is 0 Å². The van der Waals surface area contributed by atoms with Crippen LogP contribution in [0.5, 0.6) is 0 Å². The van der Waals surface area contributed by atoms with Crippen molar-refractivity contribution in [1.29, 1.82) is 0 Å². The van der Waals surface area contributed by atoms with E-state index < -0.39 is 0 Å². The Hall–Kier alpha value is -0.640. The zero-order chi connectivity index (χ0) is 9.80. The highest BCUT2D eigenvalue weighted by atomic mass is 32.1. The Morgan fingerprint density at radius 1 is 1.57 bits per heavy atom. The lowest BCUT2D eigenvalue weighted by atomic mass is 9.84. The number of hydrogen-bond acceptors (Lipinski definition) is 4. The van der Waals surface area contributed by atoms with Crippen molar-refractivity contribution in [1.82, 2.24) is 10.2 Å². The van der Waals surface area contributed by atoms with Gasteiger partial charge in [-0.3, -0.25) is 0 Å². The highest BCUT2D eigenvalue weighted by Gasteiger charge is 2.20. The van der Waals surface area contributed by atoms with Gasteiger partial charge < -0.3 is 5.32 Å². The third-order valence-corrected chi connectivity index (χ3v) is 3.67. The number of nitrogens with one attached hydrogen (secondary N) is 1. The van der Waals surface area contributed by atoms with E-state index in [0.717, 1.165) is 11.0 Å². The molecule has 1 aromatic heterocycles. The van der Waals surface area contributed by atoms with E-state index in [9.17, 15) is 0 Å². The van der Waals surface area contributed by atoms with Crippen LogP contribution in [0.2, 0.25) is 0 Å². The van der Waals surface area contributed by atoms with Crippen LogP contribution in [0.15, 0.2) is 5.51 Å². The van der Waals surface area contributed by atoms with Gasteiger partial charge in [-0.05, 0) is 18.8 Å². The summed E-state index contributed by atoms with van der Waals surface area (Å²) >= 11 is 1.59. The zero-order valence-corrected chi connectivity index (χ0v) is 9.39. The molecule has 1 saturated carbocycles. The van der Waals surface area contributed by atoms with Crippen molar-refractivity contribution >= 4 is 16.5 Å². The first-order chi connectivity index (χ1) is 6.88. The molecule has 0 aromatic carbocycles.